The van der Waals surface area contributed by atoms with E-state index in [1.807, 2.05) is 11.4 Å². The fraction of sp³-hybridized carbons (Fsp3) is 0.100. The standard InChI is InChI=1S/C10H7N3O2SSe/c14-13(15)8-1-2-9-7(5-8)6-12(17-9)10-11-3-4-16-10/h1-5H,6H2. The molecule has 0 fully saturated rings. The first kappa shape index (κ1) is 10.7. The van der Waals surface area contributed by atoms with Crippen molar-refractivity contribution in [1.29, 1.82) is 0 Å². The molecule has 2 heterocycles. The van der Waals surface area contributed by atoms with Crippen LogP contribution in [0.1, 0.15) is 5.56 Å². The quantitative estimate of drug-likeness (QED) is 0.477. The van der Waals surface area contributed by atoms with Crippen molar-refractivity contribution < 1.29 is 4.92 Å². The zero-order valence-electron chi connectivity index (χ0n) is 8.57. The third kappa shape index (κ3) is 1.93. The Bertz CT molecular complexity index is 573. The molecule has 0 saturated carbocycles. The van der Waals surface area contributed by atoms with E-state index in [0.29, 0.717) is 0 Å². The molecular weight excluding hydrogens is 305 g/mol. The molecule has 3 rings (SSSR count). The summed E-state index contributed by atoms with van der Waals surface area (Å²) in [5, 5.41) is 13.6. The van der Waals surface area contributed by atoms with Gasteiger partial charge in [0.05, 0.1) is 0 Å². The first-order chi connectivity index (χ1) is 8.24. The number of non-ortho nitro benzene ring substituents is 1. The molecule has 0 spiro atoms. The van der Waals surface area contributed by atoms with E-state index in [0.717, 1.165) is 17.2 Å². The number of nitrogens with zero attached hydrogens (tertiary/aromatic N) is 3. The number of thiazole rings is 1. The molecule has 0 aliphatic carbocycles. The second-order valence-corrected chi connectivity index (χ2v) is 6.60. The van der Waals surface area contributed by atoms with Crippen LogP contribution in [-0.4, -0.2) is 25.1 Å². The summed E-state index contributed by atoms with van der Waals surface area (Å²) in [6.45, 7) is 0.727. The number of nitro benzene ring substituents is 1. The van der Waals surface area contributed by atoms with Crippen molar-refractivity contribution in [3.63, 3.8) is 0 Å². The van der Waals surface area contributed by atoms with E-state index in [4.69, 9.17) is 0 Å². The second-order valence-electron chi connectivity index (χ2n) is 3.49. The Morgan fingerprint density at radius 3 is 3.12 bits per heavy atom. The van der Waals surface area contributed by atoms with Crippen LogP contribution in [0.2, 0.25) is 0 Å². The van der Waals surface area contributed by atoms with Crippen LogP contribution in [0.3, 0.4) is 0 Å². The van der Waals surface area contributed by atoms with Crippen molar-refractivity contribution >= 4 is 41.8 Å². The Morgan fingerprint density at radius 2 is 2.41 bits per heavy atom. The predicted octanol–water partition coefficient (Wildman–Crippen LogP) is 1.32. The number of hydrogen-bond acceptors (Lipinski definition) is 5. The van der Waals surface area contributed by atoms with Gasteiger partial charge < -0.3 is 0 Å². The third-order valence-electron chi connectivity index (χ3n) is 2.41. The molecule has 0 atom stereocenters. The summed E-state index contributed by atoms with van der Waals surface area (Å²) >= 11 is 1.78. The minimum absolute atomic E-state index is 0.167. The molecule has 5 nitrogen and oxygen atoms in total. The zero-order chi connectivity index (χ0) is 11.8. The number of anilines is 1. The van der Waals surface area contributed by atoms with Gasteiger partial charge in [-0.05, 0) is 0 Å². The summed E-state index contributed by atoms with van der Waals surface area (Å²) in [7, 11) is 0. The summed E-state index contributed by atoms with van der Waals surface area (Å²) in [6.07, 6.45) is 1.78. The van der Waals surface area contributed by atoms with Crippen molar-refractivity contribution in [2.75, 3.05) is 3.92 Å². The van der Waals surface area contributed by atoms with Gasteiger partial charge in [-0.15, -0.1) is 0 Å². The van der Waals surface area contributed by atoms with E-state index in [-0.39, 0.29) is 25.8 Å². The van der Waals surface area contributed by atoms with Crippen LogP contribution in [0.4, 0.5) is 10.8 Å². The van der Waals surface area contributed by atoms with E-state index in [1.54, 1.807) is 29.7 Å². The molecule has 1 aliphatic heterocycles. The van der Waals surface area contributed by atoms with Crippen molar-refractivity contribution in [1.82, 2.24) is 4.98 Å². The van der Waals surface area contributed by atoms with E-state index in [9.17, 15) is 10.1 Å². The van der Waals surface area contributed by atoms with Gasteiger partial charge in [-0.25, -0.2) is 0 Å². The van der Waals surface area contributed by atoms with Crippen molar-refractivity contribution in [2.45, 2.75) is 6.54 Å². The summed E-state index contributed by atoms with van der Waals surface area (Å²) < 4.78 is 3.39. The van der Waals surface area contributed by atoms with E-state index in [1.165, 1.54) is 4.46 Å². The minimum atomic E-state index is -0.348. The van der Waals surface area contributed by atoms with E-state index < -0.39 is 0 Å². The SMILES string of the molecule is O=[N+]([O-])c1ccc2c(c1)CN(c1nccs1)[Se]2. The third-order valence-corrected chi connectivity index (χ3v) is 5.81. The number of fused-ring (bicyclic) bond motifs is 1. The summed E-state index contributed by atoms with van der Waals surface area (Å²) in [5.74, 6) is 0. The molecule has 0 radical (unpaired) electrons. The number of benzene rings is 1. The molecule has 86 valence electrons. The number of aromatic nitrogens is 1. The molecule has 17 heavy (non-hydrogen) atoms. The Kier molecular flexibility index (Phi) is 2.58. The average molecular weight is 312 g/mol. The molecule has 0 bridgehead atoms. The average Bonchev–Trinajstić information content (AvgIpc) is 2.96. The maximum absolute atomic E-state index is 10.7. The monoisotopic (exact) mass is 313 g/mol. The summed E-state index contributed by atoms with van der Waals surface area (Å²) in [6, 6.07) is 5.11. The van der Waals surface area contributed by atoms with Crippen LogP contribution < -0.4 is 8.38 Å². The molecule has 7 heteroatoms. The molecule has 1 aromatic heterocycles. The number of rotatable bonds is 2. The fourth-order valence-corrected chi connectivity index (χ4v) is 4.62. The fourth-order valence-electron chi connectivity index (χ4n) is 1.64. The van der Waals surface area contributed by atoms with Crippen molar-refractivity contribution in [3.05, 3.63) is 45.5 Å². The second kappa shape index (κ2) is 4.10. The van der Waals surface area contributed by atoms with Gasteiger partial charge in [0.2, 0.25) is 0 Å². The Hall–Kier alpha value is -1.43. The number of hydrogen-bond donors (Lipinski definition) is 0. The van der Waals surface area contributed by atoms with Gasteiger partial charge >= 0.3 is 108 Å². The van der Waals surface area contributed by atoms with Crippen LogP contribution in [0, 0.1) is 10.1 Å². The van der Waals surface area contributed by atoms with Crippen LogP contribution in [-0.2, 0) is 6.54 Å². The van der Waals surface area contributed by atoms with Gasteiger partial charge in [0.1, 0.15) is 0 Å². The maximum atomic E-state index is 10.7. The zero-order valence-corrected chi connectivity index (χ0v) is 11.1. The topological polar surface area (TPSA) is 59.3 Å². The molecule has 0 amide bonds. The van der Waals surface area contributed by atoms with Gasteiger partial charge in [0.15, 0.2) is 0 Å². The predicted molar refractivity (Wildman–Crippen MR) is 66.8 cm³/mol. The van der Waals surface area contributed by atoms with Crippen LogP contribution in [0.15, 0.2) is 29.8 Å². The van der Waals surface area contributed by atoms with Gasteiger partial charge in [0.25, 0.3) is 0 Å². The summed E-state index contributed by atoms with van der Waals surface area (Å²) in [4.78, 5) is 14.6. The van der Waals surface area contributed by atoms with Gasteiger partial charge in [-0.2, -0.15) is 0 Å². The van der Waals surface area contributed by atoms with E-state index >= 15 is 0 Å². The molecule has 1 aromatic carbocycles. The summed E-state index contributed by atoms with van der Waals surface area (Å²) in [5.41, 5.74) is 1.22. The Labute approximate surface area is 108 Å². The molecule has 1 aliphatic rings. The van der Waals surface area contributed by atoms with Crippen LogP contribution >= 0.6 is 11.3 Å². The van der Waals surface area contributed by atoms with Crippen molar-refractivity contribution in [2.24, 2.45) is 0 Å². The molecule has 0 saturated heterocycles. The van der Waals surface area contributed by atoms with E-state index in [2.05, 4.69) is 8.90 Å². The molecule has 0 unspecified atom stereocenters. The first-order valence-corrected chi connectivity index (χ1v) is 7.36. The normalized spacial score (nSPS) is 13.8. The molecule has 0 N–H and O–H groups in total. The Balaban J connectivity index is 1.91. The van der Waals surface area contributed by atoms with Gasteiger partial charge in [-0.3, -0.25) is 0 Å². The van der Waals surface area contributed by atoms with Crippen LogP contribution in [0.25, 0.3) is 0 Å². The first-order valence-electron chi connectivity index (χ1n) is 4.86. The van der Waals surface area contributed by atoms with Crippen molar-refractivity contribution in [3.8, 4) is 0 Å². The molecule has 2 aromatic rings. The molecular formula is C10H7N3O2SSe. The van der Waals surface area contributed by atoms with Gasteiger partial charge in [-0.1, -0.05) is 0 Å². The number of nitro groups is 1. The van der Waals surface area contributed by atoms with Crippen LogP contribution in [0.5, 0.6) is 0 Å². The Morgan fingerprint density at radius 1 is 1.53 bits per heavy atom. The van der Waals surface area contributed by atoms with Gasteiger partial charge in [0, 0.05) is 0 Å².